The Balaban J connectivity index is 1.81. The molecule has 2 heterocycles. The zero-order chi connectivity index (χ0) is 21.5. The van der Waals surface area contributed by atoms with Crippen LogP contribution in [0.5, 0.6) is 0 Å². The highest BCUT2D eigenvalue weighted by Crippen LogP contribution is 2.31. The molecule has 0 unspecified atom stereocenters. The molecule has 0 radical (unpaired) electrons. The second-order valence-electron chi connectivity index (χ2n) is 7.60. The fourth-order valence-corrected chi connectivity index (χ4v) is 5.16. The van der Waals surface area contributed by atoms with Crippen LogP contribution in [0.3, 0.4) is 0 Å². The van der Waals surface area contributed by atoms with Gasteiger partial charge in [-0.15, -0.1) is 0 Å². The molecule has 3 aromatic rings. The van der Waals surface area contributed by atoms with E-state index in [4.69, 9.17) is 4.98 Å². The number of hydrogen-bond acceptors (Lipinski definition) is 6. The van der Waals surface area contributed by atoms with Crippen LogP contribution in [0.2, 0.25) is 0 Å². The molecule has 0 saturated heterocycles. The molecule has 1 aliphatic rings. The van der Waals surface area contributed by atoms with E-state index in [0.29, 0.717) is 29.5 Å². The number of rotatable bonds is 4. The Morgan fingerprint density at radius 1 is 1.20 bits per heavy atom. The van der Waals surface area contributed by atoms with Gasteiger partial charge in [-0.2, -0.15) is 0 Å². The van der Waals surface area contributed by atoms with Gasteiger partial charge in [0.05, 0.1) is 16.2 Å². The fourth-order valence-electron chi connectivity index (χ4n) is 3.66. The summed E-state index contributed by atoms with van der Waals surface area (Å²) in [6.07, 6.45) is 0. The van der Waals surface area contributed by atoms with Crippen LogP contribution in [0.4, 0.5) is 11.5 Å². The number of aliphatic carboxylic acids is 1. The quantitative estimate of drug-likeness (QED) is 0.662. The highest BCUT2D eigenvalue weighted by molar-refractivity contribution is 7.91. The first-order valence-corrected chi connectivity index (χ1v) is 11.4. The van der Waals surface area contributed by atoms with Crippen LogP contribution in [0.1, 0.15) is 18.1 Å². The van der Waals surface area contributed by atoms with Crippen molar-refractivity contribution in [3.05, 3.63) is 59.7 Å². The van der Waals surface area contributed by atoms with Crippen molar-refractivity contribution in [3.8, 4) is 0 Å². The molecular formula is C22H23N3O4S. The SMILES string of the molecule is Cc1ccc2nc(N3CCS(=O)(=O)c4ccccc4C3)cc(N[C@@H](C)C(=O)O)c2c1. The highest BCUT2D eigenvalue weighted by atomic mass is 32.2. The number of pyridine rings is 1. The number of fused-ring (bicyclic) bond motifs is 2. The van der Waals surface area contributed by atoms with Crippen LogP contribution >= 0.6 is 0 Å². The van der Waals surface area contributed by atoms with E-state index >= 15 is 0 Å². The molecule has 0 aliphatic carbocycles. The lowest BCUT2D eigenvalue weighted by Gasteiger charge is -2.24. The molecule has 1 aliphatic heterocycles. The van der Waals surface area contributed by atoms with Crippen molar-refractivity contribution in [2.24, 2.45) is 0 Å². The minimum atomic E-state index is -3.37. The van der Waals surface area contributed by atoms with Crippen LogP contribution < -0.4 is 10.2 Å². The normalized spacial score (nSPS) is 16.5. The maximum atomic E-state index is 12.7. The molecule has 0 spiro atoms. The molecule has 1 aromatic heterocycles. The number of sulfone groups is 1. The summed E-state index contributed by atoms with van der Waals surface area (Å²) in [5.74, 6) is -0.353. The number of anilines is 2. The van der Waals surface area contributed by atoms with Crippen molar-refractivity contribution in [1.29, 1.82) is 0 Å². The topological polar surface area (TPSA) is 99.6 Å². The number of carboxylic acids is 1. The molecule has 8 heteroatoms. The number of nitrogens with zero attached hydrogens (tertiary/aromatic N) is 2. The average molecular weight is 426 g/mol. The number of carbonyl (C=O) groups is 1. The molecular weight excluding hydrogens is 402 g/mol. The van der Waals surface area contributed by atoms with E-state index in [-0.39, 0.29) is 5.75 Å². The second-order valence-corrected chi connectivity index (χ2v) is 9.68. The lowest BCUT2D eigenvalue weighted by atomic mass is 10.1. The third kappa shape index (κ3) is 3.82. The Morgan fingerprint density at radius 2 is 1.97 bits per heavy atom. The number of hydrogen-bond donors (Lipinski definition) is 2. The Labute approximate surface area is 175 Å². The standard InChI is InChI=1S/C22H23N3O4S/c1-14-7-8-18-17(11-14)19(23-15(2)22(26)27)12-21(24-18)25-9-10-30(28,29)20-6-4-3-5-16(20)13-25/h3-8,11-12,15H,9-10,13H2,1-2H3,(H,23,24)(H,26,27)/t15-/m0/s1. The van der Waals surface area contributed by atoms with Gasteiger partial charge in [-0.3, -0.25) is 4.79 Å². The van der Waals surface area contributed by atoms with E-state index in [2.05, 4.69) is 5.32 Å². The molecule has 7 nitrogen and oxygen atoms in total. The van der Waals surface area contributed by atoms with Crippen LogP contribution in [0.25, 0.3) is 10.9 Å². The minimum Gasteiger partial charge on any atom is -0.480 e. The van der Waals surface area contributed by atoms with Gasteiger partial charge in [0.25, 0.3) is 0 Å². The number of aryl methyl sites for hydroxylation is 1. The summed E-state index contributed by atoms with van der Waals surface area (Å²) < 4.78 is 25.4. The predicted octanol–water partition coefficient (Wildman–Crippen LogP) is 3.22. The molecule has 0 bridgehead atoms. The molecule has 1 atom stereocenters. The fraction of sp³-hybridized carbons (Fsp3) is 0.273. The van der Waals surface area contributed by atoms with E-state index in [1.54, 1.807) is 19.1 Å². The van der Waals surface area contributed by atoms with Crippen LogP contribution in [0, 0.1) is 6.92 Å². The van der Waals surface area contributed by atoms with Gasteiger partial charge in [-0.1, -0.05) is 29.8 Å². The monoisotopic (exact) mass is 425 g/mol. The summed E-state index contributed by atoms with van der Waals surface area (Å²) in [7, 11) is -3.37. The Bertz CT molecular complexity index is 1240. The highest BCUT2D eigenvalue weighted by Gasteiger charge is 2.26. The van der Waals surface area contributed by atoms with E-state index in [0.717, 1.165) is 22.0 Å². The molecule has 2 N–H and O–H groups in total. The van der Waals surface area contributed by atoms with E-state index in [1.165, 1.54) is 0 Å². The number of aromatic nitrogens is 1. The first-order chi connectivity index (χ1) is 14.2. The zero-order valence-corrected chi connectivity index (χ0v) is 17.6. The van der Waals surface area contributed by atoms with Gasteiger partial charge in [0, 0.05) is 30.2 Å². The number of nitrogens with one attached hydrogen (secondary N) is 1. The first kappa shape index (κ1) is 20.2. The number of benzene rings is 2. The second kappa shape index (κ2) is 7.60. The molecule has 30 heavy (non-hydrogen) atoms. The molecule has 2 aromatic carbocycles. The van der Waals surface area contributed by atoms with Crippen molar-refractivity contribution in [3.63, 3.8) is 0 Å². The molecule has 0 fully saturated rings. The van der Waals surface area contributed by atoms with Crippen LogP contribution in [-0.4, -0.2) is 42.8 Å². The van der Waals surface area contributed by atoms with Crippen LogP contribution in [0.15, 0.2) is 53.4 Å². The summed E-state index contributed by atoms with van der Waals surface area (Å²) in [6, 6.07) is 13.9. The van der Waals surface area contributed by atoms with Gasteiger partial charge >= 0.3 is 5.97 Å². The summed E-state index contributed by atoms with van der Waals surface area (Å²) >= 11 is 0. The first-order valence-electron chi connectivity index (χ1n) is 9.71. The van der Waals surface area contributed by atoms with Gasteiger partial charge in [-0.25, -0.2) is 13.4 Å². The Hall–Kier alpha value is -3.13. The van der Waals surface area contributed by atoms with Crippen molar-refractivity contribution in [2.75, 3.05) is 22.5 Å². The maximum absolute atomic E-state index is 12.7. The van der Waals surface area contributed by atoms with Crippen molar-refractivity contribution >= 4 is 38.2 Å². The van der Waals surface area contributed by atoms with E-state index < -0.39 is 21.8 Å². The largest absolute Gasteiger partial charge is 0.480 e. The lowest BCUT2D eigenvalue weighted by Crippen LogP contribution is -2.28. The maximum Gasteiger partial charge on any atom is 0.325 e. The Kier molecular flexibility index (Phi) is 5.11. The average Bonchev–Trinajstić information content (AvgIpc) is 2.84. The summed E-state index contributed by atoms with van der Waals surface area (Å²) in [5.41, 5.74) is 3.15. The number of carboxylic acid groups (broad SMARTS) is 1. The van der Waals surface area contributed by atoms with Crippen molar-refractivity contribution in [2.45, 2.75) is 31.3 Å². The third-order valence-corrected chi connectivity index (χ3v) is 7.10. The predicted molar refractivity (Wildman–Crippen MR) is 117 cm³/mol. The van der Waals surface area contributed by atoms with Gasteiger partial charge in [0.2, 0.25) is 0 Å². The van der Waals surface area contributed by atoms with Gasteiger partial charge in [0.1, 0.15) is 11.9 Å². The summed E-state index contributed by atoms with van der Waals surface area (Å²) in [6.45, 7) is 4.26. The molecule has 4 rings (SSSR count). The van der Waals surface area contributed by atoms with Crippen molar-refractivity contribution < 1.29 is 18.3 Å². The summed E-state index contributed by atoms with van der Waals surface area (Å²) in [4.78, 5) is 18.4. The van der Waals surface area contributed by atoms with Gasteiger partial charge in [-0.05, 0) is 37.6 Å². The summed E-state index contributed by atoms with van der Waals surface area (Å²) in [5, 5.41) is 13.2. The lowest BCUT2D eigenvalue weighted by molar-refractivity contribution is -0.137. The molecule has 0 saturated carbocycles. The van der Waals surface area contributed by atoms with Gasteiger partial charge in [0.15, 0.2) is 9.84 Å². The molecule has 0 amide bonds. The van der Waals surface area contributed by atoms with Crippen LogP contribution in [-0.2, 0) is 21.2 Å². The molecule has 156 valence electrons. The van der Waals surface area contributed by atoms with E-state index in [1.807, 2.05) is 48.2 Å². The van der Waals surface area contributed by atoms with Crippen molar-refractivity contribution in [1.82, 2.24) is 4.98 Å². The minimum absolute atomic E-state index is 0.00802. The zero-order valence-electron chi connectivity index (χ0n) is 16.8. The van der Waals surface area contributed by atoms with E-state index in [9.17, 15) is 18.3 Å². The van der Waals surface area contributed by atoms with Gasteiger partial charge < -0.3 is 15.3 Å². The Morgan fingerprint density at radius 3 is 2.73 bits per heavy atom. The third-order valence-electron chi connectivity index (χ3n) is 5.32. The smallest absolute Gasteiger partial charge is 0.325 e.